The molecule has 1 aliphatic carbocycles. The molecule has 0 spiro atoms. The number of rotatable bonds is 9. The molecule has 2 unspecified atom stereocenters. The molecule has 0 aromatic heterocycles. The number of aliphatic carboxylic acids is 1. The molecule has 2 atom stereocenters. The summed E-state index contributed by atoms with van der Waals surface area (Å²) in [5, 5.41) is 9.73. The number of carboxylic acid groups (broad SMARTS) is 1. The molecule has 1 rings (SSSR count). The summed E-state index contributed by atoms with van der Waals surface area (Å²) in [6.07, 6.45) is 11.8. The molecule has 1 aliphatic rings. The van der Waals surface area contributed by atoms with Crippen molar-refractivity contribution >= 4 is 5.97 Å². The Morgan fingerprint density at radius 1 is 1.40 bits per heavy atom. The standard InChI is InChI=1S/C17H28O3/c1-4-6-7-14-8-11-17(10-5-2,16(18)19)15(13-14)9-12-20-3/h8,11,13,15H,4-7,9-10,12H2,1-3H3,(H,18,19). The molecule has 1 N–H and O–H groups in total. The van der Waals surface area contributed by atoms with Crippen molar-refractivity contribution in [2.24, 2.45) is 11.3 Å². The average molecular weight is 280 g/mol. The monoisotopic (exact) mass is 280 g/mol. The van der Waals surface area contributed by atoms with E-state index >= 15 is 0 Å². The van der Waals surface area contributed by atoms with Crippen LogP contribution in [0.15, 0.2) is 23.8 Å². The van der Waals surface area contributed by atoms with E-state index in [-0.39, 0.29) is 5.92 Å². The van der Waals surface area contributed by atoms with Crippen LogP contribution in [0.2, 0.25) is 0 Å². The number of ether oxygens (including phenoxy) is 1. The molecule has 114 valence electrons. The van der Waals surface area contributed by atoms with Gasteiger partial charge in [-0.15, -0.1) is 0 Å². The number of carboxylic acids is 1. The van der Waals surface area contributed by atoms with Gasteiger partial charge >= 0.3 is 5.97 Å². The summed E-state index contributed by atoms with van der Waals surface area (Å²) in [5.41, 5.74) is 0.532. The van der Waals surface area contributed by atoms with Gasteiger partial charge in [0.05, 0.1) is 5.41 Å². The highest BCUT2D eigenvalue weighted by Crippen LogP contribution is 2.42. The van der Waals surface area contributed by atoms with Gasteiger partial charge in [-0.25, -0.2) is 0 Å². The predicted molar refractivity (Wildman–Crippen MR) is 81.7 cm³/mol. The highest BCUT2D eigenvalue weighted by atomic mass is 16.5. The number of allylic oxidation sites excluding steroid dienone is 3. The minimum atomic E-state index is -0.747. The van der Waals surface area contributed by atoms with Crippen LogP contribution in [0.4, 0.5) is 0 Å². The van der Waals surface area contributed by atoms with Gasteiger partial charge in [0.15, 0.2) is 0 Å². The van der Waals surface area contributed by atoms with Gasteiger partial charge in [0, 0.05) is 13.7 Å². The Balaban J connectivity index is 2.96. The zero-order chi connectivity index (χ0) is 15.0. The average Bonchev–Trinajstić information content (AvgIpc) is 2.44. The van der Waals surface area contributed by atoms with Crippen molar-refractivity contribution in [3.63, 3.8) is 0 Å². The Hall–Kier alpha value is -1.09. The minimum Gasteiger partial charge on any atom is -0.481 e. The van der Waals surface area contributed by atoms with Crippen LogP contribution in [-0.4, -0.2) is 24.8 Å². The molecule has 0 bridgehead atoms. The summed E-state index contributed by atoms with van der Waals surface area (Å²) in [5.74, 6) is -0.667. The number of methoxy groups -OCH3 is 1. The molecule has 0 saturated heterocycles. The van der Waals surface area contributed by atoms with Crippen LogP contribution in [0.25, 0.3) is 0 Å². The molecular weight excluding hydrogens is 252 g/mol. The van der Waals surface area contributed by atoms with E-state index in [1.54, 1.807) is 7.11 Å². The van der Waals surface area contributed by atoms with Crippen LogP contribution in [0.3, 0.4) is 0 Å². The summed E-state index contributed by atoms with van der Waals surface area (Å²) in [6.45, 7) is 4.82. The Labute approximate surface area is 122 Å². The topological polar surface area (TPSA) is 46.5 Å². The molecule has 20 heavy (non-hydrogen) atoms. The second-order valence-corrected chi connectivity index (χ2v) is 5.66. The third-order valence-corrected chi connectivity index (χ3v) is 4.19. The Bertz CT molecular complexity index is 370. The SMILES string of the molecule is CCCCC1=CC(CCOC)C(CCC)(C(=O)O)C=C1. The van der Waals surface area contributed by atoms with E-state index in [4.69, 9.17) is 4.74 Å². The van der Waals surface area contributed by atoms with E-state index in [0.717, 1.165) is 32.1 Å². The highest BCUT2D eigenvalue weighted by Gasteiger charge is 2.43. The molecule has 0 radical (unpaired) electrons. The number of unbranched alkanes of at least 4 members (excludes halogenated alkanes) is 1. The predicted octanol–water partition coefficient (Wildman–Crippen LogP) is 4.20. The van der Waals surface area contributed by atoms with Crippen LogP contribution in [0, 0.1) is 11.3 Å². The third-order valence-electron chi connectivity index (χ3n) is 4.19. The zero-order valence-electron chi connectivity index (χ0n) is 13.0. The summed E-state index contributed by atoms with van der Waals surface area (Å²) >= 11 is 0. The van der Waals surface area contributed by atoms with Gasteiger partial charge in [-0.05, 0) is 31.6 Å². The van der Waals surface area contributed by atoms with E-state index in [0.29, 0.717) is 13.0 Å². The van der Waals surface area contributed by atoms with Gasteiger partial charge in [-0.3, -0.25) is 4.79 Å². The van der Waals surface area contributed by atoms with Gasteiger partial charge in [0.1, 0.15) is 0 Å². The number of carbonyl (C=O) groups is 1. The van der Waals surface area contributed by atoms with Crippen LogP contribution in [0.1, 0.15) is 52.4 Å². The van der Waals surface area contributed by atoms with Gasteiger partial charge in [-0.1, -0.05) is 50.5 Å². The smallest absolute Gasteiger partial charge is 0.314 e. The van der Waals surface area contributed by atoms with Crippen molar-refractivity contribution in [3.8, 4) is 0 Å². The summed E-state index contributed by atoms with van der Waals surface area (Å²) in [4.78, 5) is 11.8. The minimum absolute atomic E-state index is 0.0387. The first-order valence-corrected chi connectivity index (χ1v) is 7.73. The second-order valence-electron chi connectivity index (χ2n) is 5.66. The zero-order valence-corrected chi connectivity index (χ0v) is 13.0. The molecule has 0 aliphatic heterocycles. The molecule has 0 aromatic carbocycles. The first kappa shape index (κ1) is 17.0. The lowest BCUT2D eigenvalue weighted by molar-refractivity contribution is -0.149. The maximum absolute atomic E-state index is 11.8. The van der Waals surface area contributed by atoms with Gasteiger partial charge in [-0.2, -0.15) is 0 Å². The Morgan fingerprint density at radius 3 is 2.70 bits per heavy atom. The molecule has 0 fully saturated rings. The molecule has 0 saturated carbocycles. The van der Waals surface area contributed by atoms with Crippen molar-refractivity contribution in [1.82, 2.24) is 0 Å². The van der Waals surface area contributed by atoms with Crippen molar-refractivity contribution in [3.05, 3.63) is 23.8 Å². The van der Waals surface area contributed by atoms with E-state index in [1.807, 2.05) is 19.1 Å². The number of hydrogen-bond donors (Lipinski definition) is 1. The maximum Gasteiger partial charge on any atom is 0.314 e. The fraction of sp³-hybridized carbons (Fsp3) is 0.706. The maximum atomic E-state index is 11.8. The lowest BCUT2D eigenvalue weighted by atomic mass is 9.67. The number of hydrogen-bond acceptors (Lipinski definition) is 2. The molecule has 0 aromatic rings. The van der Waals surface area contributed by atoms with E-state index in [9.17, 15) is 9.90 Å². The van der Waals surface area contributed by atoms with Gasteiger partial charge in [0.2, 0.25) is 0 Å². The van der Waals surface area contributed by atoms with Crippen molar-refractivity contribution in [2.75, 3.05) is 13.7 Å². The van der Waals surface area contributed by atoms with E-state index in [2.05, 4.69) is 13.0 Å². The quantitative estimate of drug-likeness (QED) is 0.688. The fourth-order valence-corrected chi connectivity index (χ4v) is 2.99. The first-order valence-electron chi connectivity index (χ1n) is 7.73. The van der Waals surface area contributed by atoms with Crippen LogP contribution in [-0.2, 0) is 9.53 Å². The largest absolute Gasteiger partial charge is 0.481 e. The molecule has 0 heterocycles. The second kappa shape index (κ2) is 8.25. The van der Waals surface area contributed by atoms with Crippen LogP contribution in [0.5, 0.6) is 0 Å². The van der Waals surface area contributed by atoms with E-state index in [1.165, 1.54) is 5.57 Å². The highest BCUT2D eigenvalue weighted by molar-refractivity contribution is 5.78. The van der Waals surface area contributed by atoms with E-state index < -0.39 is 11.4 Å². The molecule has 3 heteroatoms. The lowest BCUT2D eigenvalue weighted by Crippen LogP contribution is -2.38. The lowest BCUT2D eigenvalue weighted by Gasteiger charge is -2.36. The first-order chi connectivity index (χ1) is 9.60. The Morgan fingerprint density at radius 2 is 2.15 bits per heavy atom. The van der Waals surface area contributed by atoms with Gasteiger partial charge in [0.25, 0.3) is 0 Å². The Kier molecular flexibility index (Phi) is 7.00. The van der Waals surface area contributed by atoms with Gasteiger partial charge < -0.3 is 9.84 Å². The van der Waals surface area contributed by atoms with Crippen LogP contribution < -0.4 is 0 Å². The summed E-state index contributed by atoms with van der Waals surface area (Å²) in [6, 6.07) is 0. The molecular formula is C17H28O3. The fourth-order valence-electron chi connectivity index (χ4n) is 2.99. The third kappa shape index (κ3) is 3.95. The molecule has 3 nitrogen and oxygen atoms in total. The summed E-state index contributed by atoms with van der Waals surface area (Å²) in [7, 11) is 1.67. The van der Waals surface area contributed by atoms with Crippen LogP contribution >= 0.6 is 0 Å². The molecule has 0 amide bonds. The van der Waals surface area contributed by atoms with Crippen molar-refractivity contribution < 1.29 is 14.6 Å². The van der Waals surface area contributed by atoms with Crippen molar-refractivity contribution in [2.45, 2.75) is 52.4 Å². The summed E-state index contributed by atoms with van der Waals surface area (Å²) < 4.78 is 5.17. The van der Waals surface area contributed by atoms with Crippen molar-refractivity contribution in [1.29, 1.82) is 0 Å². The normalized spacial score (nSPS) is 25.6.